The molecule has 104 valence electrons. The molecule has 0 radical (unpaired) electrons. The average molecular weight is 265 g/mol. The Balaban J connectivity index is 2.16. The van der Waals surface area contributed by atoms with Crippen LogP contribution in [0.5, 0.6) is 0 Å². The van der Waals surface area contributed by atoms with Crippen molar-refractivity contribution in [2.45, 2.75) is 32.1 Å². The fraction of sp³-hybridized carbons (Fsp3) is 0.571. The van der Waals surface area contributed by atoms with E-state index in [1.807, 2.05) is 0 Å². The molecule has 2 aliphatic rings. The zero-order valence-corrected chi connectivity index (χ0v) is 11.0. The Bertz CT molecular complexity index is 407. The number of carbonyl (C=O) groups excluding carboxylic acids is 1. The highest BCUT2D eigenvalue weighted by atomic mass is 16.5. The van der Waals surface area contributed by atoms with E-state index >= 15 is 0 Å². The van der Waals surface area contributed by atoms with Crippen LogP contribution < -0.4 is 0 Å². The molecular weight excluding hydrogens is 246 g/mol. The molecular formula is C14H19NO4. The maximum atomic E-state index is 11.7. The largest absolute Gasteiger partial charge is 0.481 e. The molecule has 5 heteroatoms. The van der Waals surface area contributed by atoms with Crippen LogP contribution in [0.15, 0.2) is 24.6 Å². The summed E-state index contributed by atoms with van der Waals surface area (Å²) in [5.41, 5.74) is -0.715. The maximum Gasteiger partial charge on any atom is 0.417 e. The number of hydrogen-bond acceptors (Lipinski definition) is 3. The van der Waals surface area contributed by atoms with Crippen molar-refractivity contribution >= 4 is 12.1 Å². The highest BCUT2D eigenvalue weighted by Crippen LogP contribution is 2.45. The predicted molar refractivity (Wildman–Crippen MR) is 69.2 cm³/mol. The highest BCUT2D eigenvalue weighted by molar-refractivity contribution is 5.76. The second-order valence-corrected chi connectivity index (χ2v) is 5.11. The van der Waals surface area contributed by atoms with E-state index in [1.165, 1.54) is 12.0 Å². The zero-order chi connectivity index (χ0) is 13.9. The van der Waals surface area contributed by atoms with Crippen LogP contribution in [0.2, 0.25) is 0 Å². The standard InChI is InChI=1S/C14H19NO4/c1-19-13(18)15-9-5-11(6-10-15)14(12(16)17)7-3-2-4-8-14/h5-6,9-11H,2-4,7-8H2,1H3,(H,16,17). The van der Waals surface area contributed by atoms with Gasteiger partial charge in [-0.15, -0.1) is 0 Å². The third-order valence-electron chi connectivity index (χ3n) is 4.10. The molecule has 0 spiro atoms. The molecule has 2 rings (SSSR count). The van der Waals surface area contributed by atoms with E-state index in [0.29, 0.717) is 12.8 Å². The molecule has 0 saturated heterocycles. The second kappa shape index (κ2) is 5.47. The Morgan fingerprint density at radius 2 is 1.79 bits per heavy atom. The summed E-state index contributed by atoms with van der Waals surface area (Å²) in [6, 6.07) is 0. The van der Waals surface area contributed by atoms with Crippen LogP contribution in [-0.4, -0.2) is 29.2 Å². The monoisotopic (exact) mass is 265 g/mol. The maximum absolute atomic E-state index is 11.7. The molecule has 1 amide bonds. The van der Waals surface area contributed by atoms with Crippen LogP contribution in [0.25, 0.3) is 0 Å². The fourth-order valence-corrected chi connectivity index (χ4v) is 2.95. The number of carboxylic acids is 1. The molecule has 1 fully saturated rings. The summed E-state index contributed by atoms with van der Waals surface area (Å²) < 4.78 is 4.61. The number of ether oxygens (including phenoxy) is 1. The third kappa shape index (κ3) is 2.50. The predicted octanol–water partition coefficient (Wildman–Crippen LogP) is 2.75. The second-order valence-electron chi connectivity index (χ2n) is 5.11. The minimum absolute atomic E-state index is 0.161. The molecule has 1 saturated carbocycles. The van der Waals surface area contributed by atoms with E-state index in [4.69, 9.17) is 0 Å². The van der Waals surface area contributed by atoms with E-state index in [-0.39, 0.29) is 5.92 Å². The summed E-state index contributed by atoms with van der Waals surface area (Å²) in [6.07, 6.45) is 10.7. The van der Waals surface area contributed by atoms with Crippen LogP contribution >= 0.6 is 0 Å². The lowest BCUT2D eigenvalue weighted by atomic mass is 9.65. The van der Waals surface area contributed by atoms with Gasteiger partial charge in [0.15, 0.2) is 0 Å². The molecule has 1 heterocycles. The topological polar surface area (TPSA) is 66.8 Å². The number of methoxy groups -OCH3 is 1. The Kier molecular flexibility index (Phi) is 3.93. The van der Waals surface area contributed by atoms with Gasteiger partial charge in [-0.2, -0.15) is 0 Å². The minimum atomic E-state index is -0.738. The molecule has 0 atom stereocenters. The van der Waals surface area contributed by atoms with Crippen molar-refractivity contribution in [1.82, 2.24) is 4.90 Å². The summed E-state index contributed by atoms with van der Waals surface area (Å²) in [4.78, 5) is 24.3. The first-order chi connectivity index (χ1) is 9.10. The summed E-state index contributed by atoms with van der Waals surface area (Å²) in [5, 5.41) is 9.59. The zero-order valence-electron chi connectivity index (χ0n) is 11.0. The van der Waals surface area contributed by atoms with Gasteiger partial charge >= 0.3 is 12.1 Å². The van der Waals surface area contributed by atoms with Crippen molar-refractivity contribution in [3.05, 3.63) is 24.6 Å². The van der Waals surface area contributed by atoms with Gasteiger partial charge in [-0.1, -0.05) is 31.4 Å². The first-order valence-corrected chi connectivity index (χ1v) is 6.56. The Hall–Kier alpha value is -1.78. The Labute approximate surface area is 112 Å². The number of amides is 1. The van der Waals surface area contributed by atoms with Gasteiger partial charge in [0.25, 0.3) is 0 Å². The van der Waals surface area contributed by atoms with E-state index in [2.05, 4.69) is 4.74 Å². The molecule has 5 nitrogen and oxygen atoms in total. The van der Waals surface area contributed by atoms with Crippen molar-refractivity contribution in [3.8, 4) is 0 Å². The molecule has 0 unspecified atom stereocenters. The fourth-order valence-electron chi connectivity index (χ4n) is 2.95. The average Bonchev–Trinajstić information content (AvgIpc) is 2.47. The summed E-state index contributed by atoms with van der Waals surface area (Å²) in [6.45, 7) is 0. The van der Waals surface area contributed by atoms with Crippen molar-refractivity contribution in [3.63, 3.8) is 0 Å². The Morgan fingerprint density at radius 1 is 1.21 bits per heavy atom. The SMILES string of the molecule is COC(=O)N1C=CC(C2(C(=O)O)CCCCC2)C=C1. The molecule has 0 bridgehead atoms. The van der Waals surface area contributed by atoms with Crippen LogP contribution in [0.4, 0.5) is 4.79 Å². The van der Waals surface area contributed by atoms with Crippen molar-refractivity contribution in [2.24, 2.45) is 11.3 Å². The number of carboxylic acid groups (broad SMARTS) is 1. The first-order valence-electron chi connectivity index (χ1n) is 6.56. The van der Waals surface area contributed by atoms with E-state index < -0.39 is 17.5 Å². The molecule has 1 aliphatic carbocycles. The molecule has 0 aromatic rings. The number of aliphatic carboxylic acids is 1. The van der Waals surface area contributed by atoms with Gasteiger partial charge in [0, 0.05) is 18.3 Å². The molecule has 0 aromatic heterocycles. The van der Waals surface area contributed by atoms with Gasteiger partial charge in [-0.25, -0.2) is 4.79 Å². The molecule has 1 aliphatic heterocycles. The Morgan fingerprint density at radius 3 is 2.26 bits per heavy atom. The van der Waals surface area contributed by atoms with Crippen LogP contribution in [-0.2, 0) is 9.53 Å². The van der Waals surface area contributed by atoms with Crippen molar-refractivity contribution in [2.75, 3.05) is 7.11 Å². The lowest BCUT2D eigenvalue weighted by Crippen LogP contribution is -2.40. The molecule has 19 heavy (non-hydrogen) atoms. The molecule has 0 aromatic carbocycles. The summed E-state index contributed by atoms with van der Waals surface area (Å²) in [7, 11) is 1.32. The summed E-state index contributed by atoms with van der Waals surface area (Å²) >= 11 is 0. The van der Waals surface area contributed by atoms with E-state index in [0.717, 1.165) is 19.3 Å². The van der Waals surface area contributed by atoms with Crippen LogP contribution in [0.3, 0.4) is 0 Å². The smallest absolute Gasteiger partial charge is 0.417 e. The van der Waals surface area contributed by atoms with Gasteiger partial charge in [0.05, 0.1) is 12.5 Å². The number of hydrogen-bond donors (Lipinski definition) is 1. The van der Waals surface area contributed by atoms with Crippen molar-refractivity contribution in [1.29, 1.82) is 0 Å². The van der Waals surface area contributed by atoms with Crippen LogP contribution in [0, 0.1) is 11.3 Å². The van der Waals surface area contributed by atoms with Crippen LogP contribution in [0.1, 0.15) is 32.1 Å². The molecule has 1 N–H and O–H groups in total. The summed E-state index contributed by atoms with van der Waals surface area (Å²) in [5.74, 6) is -0.899. The first kappa shape index (κ1) is 13.6. The van der Waals surface area contributed by atoms with Gasteiger partial charge < -0.3 is 9.84 Å². The van der Waals surface area contributed by atoms with Gasteiger partial charge in [0.2, 0.25) is 0 Å². The number of allylic oxidation sites excluding steroid dienone is 2. The van der Waals surface area contributed by atoms with E-state index in [9.17, 15) is 14.7 Å². The lowest BCUT2D eigenvalue weighted by molar-refractivity contribution is -0.153. The highest BCUT2D eigenvalue weighted by Gasteiger charge is 2.45. The van der Waals surface area contributed by atoms with Crippen molar-refractivity contribution < 1.29 is 19.4 Å². The van der Waals surface area contributed by atoms with Gasteiger partial charge in [-0.05, 0) is 12.8 Å². The van der Waals surface area contributed by atoms with E-state index in [1.54, 1.807) is 24.6 Å². The number of rotatable bonds is 2. The number of nitrogens with zero attached hydrogens (tertiary/aromatic N) is 1. The quantitative estimate of drug-likeness (QED) is 0.833. The van der Waals surface area contributed by atoms with Gasteiger partial charge in [-0.3, -0.25) is 9.69 Å². The third-order valence-corrected chi connectivity index (χ3v) is 4.10. The number of carbonyl (C=O) groups is 2. The normalized spacial score (nSPS) is 22.3. The van der Waals surface area contributed by atoms with Gasteiger partial charge in [0.1, 0.15) is 0 Å². The minimum Gasteiger partial charge on any atom is -0.481 e. The lowest BCUT2D eigenvalue weighted by Gasteiger charge is -2.38.